The van der Waals surface area contributed by atoms with Crippen LogP contribution in [0.25, 0.3) is 0 Å². The molecule has 1 aromatic heterocycles. The molecule has 1 atom stereocenters. The van der Waals surface area contributed by atoms with E-state index in [0.29, 0.717) is 4.47 Å². The van der Waals surface area contributed by atoms with Crippen LogP contribution in [0.3, 0.4) is 0 Å². The Morgan fingerprint density at radius 3 is 2.50 bits per heavy atom. The zero-order valence-corrected chi connectivity index (χ0v) is 8.86. The van der Waals surface area contributed by atoms with Gasteiger partial charge < -0.3 is 5.11 Å². The largest absolute Gasteiger partial charge is 0.371 e. The molecule has 4 nitrogen and oxygen atoms in total. The number of aliphatic hydroxyl groups excluding tert-OH is 1. The lowest BCUT2D eigenvalue weighted by Gasteiger charge is -2.02. The van der Waals surface area contributed by atoms with Crippen LogP contribution in [0, 0.1) is 0 Å². The second-order valence-electron chi connectivity index (χ2n) is 2.03. The highest BCUT2D eigenvalue weighted by molar-refractivity contribution is 9.10. The van der Waals surface area contributed by atoms with Gasteiger partial charge in [-0.1, -0.05) is 0 Å². The number of halogens is 1. The fourth-order valence-corrected chi connectivity index (χ4v) is 2.80. The molecule has 0 fully saturated rings. The Morgan fingerprint density at radius 1 is 1.58 bits per heavy atom. The van der Waals surface area contributed by atoms with E-state index in [4.69, 9.17) is 9.66 Å². The summed E-state index contributed by atoms with van der Waals surface area (Å²) in [4.78, 5) is 0.185. The van der Waals surface area contributed by atoms with Crippen molar-refractivity contribution in [2.75, 3.05) is 0 Å². The van der Waals surface area contributed by atoms with E-state index in [1.165, 1.54) is 6.07 Å². The van der Waals surface area contributed by atoms with Gasteiger partial charge in [-0.3, -0.25) is 4.55 Å². The van der Waals surface area contributed by atoms with Gasteiger partial charge in [0.15, 0.2) is 0 Å². The van der Waals surface area contributed by atoms with Gasteiger partial charge in [0.05, 0.1) is 4.88 Å². The molecule has 0 aliphatic rings. The fourth-order valence-electron chi connectivity index (χ4n) is 0.605. The summed E-state index contributed by atoms with van der Waals surface area (Å²) in [7, 11) is -4.40. The first kappa shape index (κ1) is 10.1. The Bertz CT molecular complexity index is 369. The molecule has 1 aromatic rings. The first-order valence-corrected chi connectivity index (χ1v) is 5.97. The van der Waals surface area contributed by atoms with Gasteiger partial charge in [0.2, 0.25) is 5.44 Å². The van der Waals surface area contributed by atoms with Crippen LogP contribution in [0.2, 0.25) is 0 Å². The third-order valence-corrected chi connectivity index (χ3v) is 3.83. The van der Waals surface area contributed by atoms with Crippen molar-refractivity contribution in [3.8, 4) is 0 Å². The van der Waals surface area contributed by atoms with Gasteiger partial charge in [-0.05, 0) is 22.0 Å². The van der Waals surface area contributed by atoms with Crippen LogP contribution in [-0.2, 0) is 10.1 Å². The number of hydrogen-bond donors (Lipinski definition) is 2. The highest BCUT2D eigenvalue weighted by Gasteiger charge is 2.23. The first-order chi connectivity index (χ1) is 5.41. The predicted octanol–water partition coefficient (Wildman–Crippen LogP) is 1.39. The molecular weight excluding hydrogens is 268 g/mol. The van der Waals surface area contributed by atoms with E-state index >= 15 is 0 Å². The van der Waals surface area contributed by atoms with E-state index in [-0.39, 0.29) is 4.88 Å². The van der Waals surface area contributed by atoms with Crippen molar-refractivity contribution in [3.05, 3.63) is 20.8 Å². The first-order valence-electron chi connectivity index (χ1n) is 2.79. The molecule has 1 heterocycles. The molecule has 0 aliphatic heterocycles. The maximum absolute atomic E-state index is 10.4. The minimum absolute atomic E-state index is 0.185. The van der Waals surface area contributed by atoms with Crippen LogP contribution in [0.1, 0.15) is 10.3 Å². The summed E-state index contributed by atoms with van der Waals surface area (Å²) in [5.74, 6) is 0. The second-order valence-corrected chi connectivity index (χ2v) is 5.37. The third-order valence-electron chi connectivity index (χ3n) is 1.11. The van der Waals surface area contributed by atoms with Crippen molar-refractivity contribution in [1.82, 2.24) is 0 Å². The summed E-state index contributed by atoms with van der Waals surface area (Å²) in [6, 6.07) is 1.43. The Kier molecular flexibility index (Phi) is 2.89. The molecule has 0 saturated heterocycles. The van der Waals surface area contributed by atoms with E-state index in [2.05, 4.69) is 15.9 Å². The molecule has 0 aromatic carbocycles. The Hall–Kier alpha value is 0.0500. The molecule has 1 unspecified atom stereocenters. The quantitative estimate of drug-likeness (QED) is 0.798. The van der Waals surface area contributed by atoms with Crippen LogP contribution in [-0.4, -0.2) is 18.1 Å². The van der Waals surface area contributed by atoms with Crippen molar-refractivity contribution < 1.29 is 18.1 Å². The van der Waals surface area contributed by atoms with Crippen LogP contribution >= 0.6 is 27.3 Å². The summed E-state index contributed by atoms with van der Waals surface area (Å²) < 4.78 is 30.0. The number of rotatable bonds is 2. The van der Waals surface area contributed by atoms with Gasteiger partial charge >= 0.3 is 0 Å². The summed E-state index contributed by atoms with van der Waals surface area (Å²) >= 11 is 4.14. The van der Waals surface area contributed by atoms with Gasteiger partial charge in [-0.2, -0.15) is 8.42 Å². The Morgan fingerprint density at radius 2 is 2.17 bits per heavy atom. The Balaban J connectivity index is 3.01. The maximum atomic E-state index is 10.4. The minimum Gasteiger partial charge on any atom is -0.371 e. The summed E-state index contributed by atoms with van der Waals surface area (Å²) in [6.45, 7) is 0. The molecule has 0 saturated carbocycles. The van der Waals surface area contributed by atoms with Gasteiger partial charge in [0, 0.05) is 9.85 Å². The van der Waals surface area contributed by atoms with Crippen molar-refractivity contribution >= 4 is 37.4 Å². The standard InChI is InChI=1S/C5H5BrO4S2/c6-3-1-4(11-2-3)5(7)12(8,9)10/h1-2,5,7H,(H,8,9,10). The zero-order chi connectivity index (χ0) is 9.35. The average Bonchev–Trinajstić information content (AvgIpc) is 2.32. The normalized spacial score (nSPS) is 14.6. The lowest BCUT2D eigenvalue weighted by Crippen LogP contribution is -2.09. The molecule has 0 bridgehead atoms. The van der Waals surface area contributed by atoms with Crippen LogP contribution in [0.15, 0.2) is 15.9 Å². The lowest BCUT2D eigenvalue weighted by molar-refractivity contribution is 0.242. The topological polar surface area (TPSA) is 74.6 Å². The van der Waals surface area contributed by atoms with Crippen molar-refractivity contribution in [3.63, 3.8) is 0 Å². The second kappa shape index (κ2) is 3.43. The highest BCUT2D eigenvalue weighted by atomic mass is 79.9. The lowest BCUT2D eigenvalue weighted by atomic mass is 10.5. The number of thiophene rings is 1. The summed E-state index contributed by atoms with van der Waals surface area (Å²) in [5, 5.41) is 10.6. The van der Waals surface area contributed by atoms with E-state index in [9.17, 15) is 8.42 Å². The van der Waals surface area contributed by atoms with E-state index < -0.39 is 15.6 Å². The molecule has 0 spiro atoms. The van der Waals surface area contributed by atoms with E-state index in [1.54, 1.807) is 5.38 Å². The molecular formula is C5H5BrO4S2. The van der Waals surface area contributed by atoms with Crippen molar-refractivity contribution in [2.45, 2.75) is 5.44 Å². The molecule has 0 aliphatic carbocycles. The van der Waals surface area contributed by atoms with Crippen molar-refractivity contribution in [1.29, 1.82) is 0 Å². The minimum atomic E-state index is -4.40. The van der Waals surface area contributed by atoms with Gasteiger partial charge in [0.1, 0.15) is 0 Å². The van der Waals surface area contributed by atoms with E-state index in [1.807, 2.05) is 0 Å². The molecule has 7 heteroatoms. The Labute approximate surface area is 81.7 Å². The molecule has 12 heavy (non-hydrogen) atoms. The van der Waals surface area contributed by atoms with E-state index in [0.717, 1.165) is 11.3 Å². The van der Waals surface area contributed by atoms with Gasteiger partial charge in [-0.15, -0.1) is 11.3 Å². The molecule has 68 valence electrons. The van der Waals surface area contributed by atoms with Gasteiger partial charge in [0.25, 0.3) is 10.1 Å². The zero-order valence-electron chi connectivity index (χ0n) is 5.64. The number of hydrogen-bond acceptors (Lipinski definition) is 4. The fraction of sp³-hybridized carbons (Fsp3) is 0.200. The van der Waals surface area contributed by atoms with Crippen LogP contribution < -0.4 is 0 Å². The maximum Gasteiger partial charge on any atom is 0.297 e. The van der Waals surface area contributed by atoms with Crippen LogP contribution in [0.5, 0.6) is 0 Å². The predicted molar refractivity (Wildman–Crippen MR) is 48.5 cm³/mol. The third kappa shape index (κ3) is 2.27. The molecule has 2 N–H and O–H groups in total. The average molecular weight is 273 g/mol. The summed E-state index contributed by atoms with van der Waals surface area (Å²) in [5.41, 5.74) is -1.84. The number of aliphatic hydroxyl groups is 1. The molecule has 0 amide bonds. The molecule has 0 radical (unpaired) electrons. The van der Waals surface area contributed by atoms with Gasteiger partial charge in [-0.25, -0.2) is 0 Å². The molecule has 1 rings (SSSR count). The highest BCUT2D eigenvalue weighted by Crippen LogP contribution is 2.27. The van der Waals surface area contributed by atoms with Crippen LogP contribution in [0.4, 0.5) is 0 Å². The SMILES string of the molecule is O=S(=O)(O)C(O)c1cc(Br)cs1. The van der Waals surface area contributed by atoms with Crippen molar-refractivity contribution in [2.24, 2.45) is 0 Å². The smallest absolute Gasteiger partial charge is 0.297 e. The summed E-state index contributed by atoms with van der Waals surface area (Å²) in [6.07, 6.45) is 0. The monoisotopic (exact) mass is 272 g/mol.